The van der Waals surface area contributed by atoms with Crippen molar-refractivity contribution in [3.63, 3.8) is 0 Å². The van der Waals surface area contributed by atoms with E-state index < -0.39 is 9.05 Å². The molecular weight excluding hydrogens is 276 g/mol. The number of hydrogen-bond acceptors (Lipinski definition) is 4. The summed E-state index contributed by atoms with van der Waals surface area (Å²) >= 11 is 0. The monoisotopic (exact) mass is 292 g/mol. The van der Waals surface area contributed by atoms with Gasteiger partial charge in [-0.2, -0.15) is 5.10 Å². The highest BCUT2D eigenvalue weighted by molar-refractivity contribution is 8.13. The first-order valence-corrected chi connectivity index (χ1v) is 8.31. The Bertz CT molecular complexity index is 533. The summed E-state index contributed by atoms with van der Waals surface area (Å²) in [5.41, 5.74) is 1.02. The maximum Gasteiger partial charge on any atom is 0.264 e. The lowest BCUT2D eigenvalue weighted by Crippen LogP contribution is -2.25. The number of halogens is 1. The van der Waals surface area contributed by atoms with E-state index in [9.17, 15) is 8.42 Å². The molecule has 1 aliphatic rings. The van der Waals surface area contributed by atoms with Gasteiger partial charge in [0.25, 0.3) is 9.05 Å². The van der Waals surface area contributed by atoms with Crippen LogP contribution in [-0.4, -0.2) is 30.9 Å². The maximum atomic E-state index is 11.5. The summed E-state index contributed by atoms with van der Waals surface area (Å²) in [7, 11) is 1.68. The third kappa shape index (κ3) is 2.87. The van der Waals surface area contributed by atoms with Crippen LogP contribution in [0.15, 0.2) is 4.90 Å². The highest BCUT2D eigenvalue weighted by Crippen LogP contribution is 2.24. The van der Waals surface area contributed by atoms with Crippen LogP contribution in [0.25, 0.3) is 0 Å². The van der Waals surface area contributed by atoms with E-state index in [0.717, 1.165) is 25.9 Å². The first kappa shape index (κ1) is 13.8. The molecule has 102 valence electrons. The molecule has 1 aromatic rings. The van der Waals surface area contributed by atoms with Gasteiger partial charge in [0, 0.05) is 17.3 Å². The van der Waals surface area contributed by atoms with E-state index in [1.807, 2.05) is 0 Å². The lowest BCUT2D eigenvalue weighted by Gasteiger charge is -2.22. The van der Waals surface area contributed by atoms with E-state index >= 15 is 0 Å². The SMILES string of the molecule is Cc1nn(CC2CCCCO2)c(C)c1S(=O)(=O)Cl. The topological polar surface area (TPSA) is 61.2 Å². The molecule has 2 rings (SSSR count). The second-order valence-corrected chi connectivity index (χ2v) is 7.11. The van der Waals surface area contributed by atoms with Gasteiger partial charge in [-0.1, -0.05) is 0 Å². The summed E-state index contributed by atoms with van der Waals surface area (Å²) in [5, 5.41) is 4.24. The van der Waals surface area contributed by atoms with Crippen LogP contribution in [0.3, 0.4) is 0 Å². The predicted molar refractivity (Wildman–Crippen MR) is 68.3 cm³/mol. The molecule has 0 aromatic carbocycles. The van der Waals surface area contributed by atoms with Crippen molar-refractivity contribution in [1.29, 1.82) is 0 Å². The minimum atomic E-state index is -3.74. The molecule has 0 radical (unpaired) electrons. The van der Waals surface area contributed by atoms with E-state index in [1.54, 1.807) is 18.5 Å². The van der Waals surface area contributed by atoms with E-state index in [1.165, 1.54) is 0 Å². The van der Waals surface area contributed by atoms with Crippen LogP contribution < -0.4 is 0 Å². The molecule has 1 aliphatic heterocycles. The number of aromatic nitrogens is 2. The molecule has 1 atom stereocenters. The van der Waals surface area contributed by atoms with Gasteiger partial charge in [-0.3, -0.25) is 4.68 Å². The Morgan fingerprint density at radius 3 is 2.67 bits per heavy atom. The van der Waals surface area contributed by atoms with Crippen molar-refractivity contribution in [2.24, 2.45) is 0 Å². The summed E-state index contributed by atoms with van der Waals surface area (Å²) in [6, 6.07) is 0. The summed E-state index contributed by atoms with van der Waals surface area (Å²) in [6.45, 7) is 4.72. The molecule has 18 heavy (non-hydrogen) atoms. The van der Waals surface area contributed by atoms with E-state index in [4.69, 9.17) is 15.4 Å². The largest absolute Gasteiger partial charge is 0.376 e. The van der Waals surface area contributed by atoms with Gasteiger partial charge in [-0.05, 0) is 33.1 Å². The molecule has 0 N–H and O–H groups in total. The minimum absolute atomic E-state index is 0.114. The molecule has 0 saturated carbocycles. The predicted octanol–water partition coefficient (Wildman–Crippen LogP) is 2.00. The van der Waals surface area contributed by atoms with Crippen molar-refractivity contribution in [1.82, 2.24) is 9.78 Å². The molecule has 5 nitrogen and oxygen atoms in total. The van der Waals surface area contributed by atoms with Gasteiger partial charge in [0.2, 0.25) is 0 Å². The Kier molecular flexibility index (Phi) is 3.99. The smallest absolute Gasteiger partial charge is 0.264 e. The van der Waals surface area contributed by atoms with E-state index in [0.29, 0.717) is 17.9 Å². The second kappa shape index (κ2) is 5.19. The molecule has 0 spiro atoms. The second-order valence-electron chi connectivity index (χ2n) is 4.61. The summed E-state index contributed by atoms with van der Waals surface area (Å²) in [6.07, 6.45) is 3.34. The molecule has 1 fully saturated rings. The van der Waals surface area contributed by atoms with Crippen LogP contribution in [0.4, 0.5) is 0 Å². The molecule has 1 unspecified atom stereocenters. The Labute approximate surface area is 111 Å². The molecular formula is C11H17ClN2O3S. The number of hydrogen-bond donors (Lipinski definition) is 0. The van der Waals surface area contributed by atoms with Crippen molar-refractivity contribution < 1.29 is 13.2 Å². The first-order chi connectivity index (χ1) is 8.39. The molecule has 0 aliphatic carbocycles. The quantitative estimate of drug-likeness (QED) is 0.800. The summed E-state index contributed by atoms with van der Waals surface area (Å²) in [5.74, 6) is 0. The van der Waals surface area contributed by atoms with Crippen LogP contribution >= 0.6 is 10.7 Å². The standard InChI is InChI=1S/C11H17ClN2O3S/c1-8-11(18(12,15)16)9(2)14(13-8)7-10-5-3-4-6-17-10/h10H,3-7H2,1-2H3. The van der Waals surface area contributed by atoms with Crippen LogP contribution in [0.2, 0.25) is 0 Å². The fourth-order valence-corrected chi connectivity index (χ4v) is 3.88. The van der Waals surface area contributed by atoms with E-state index in [-0.39, 0.29) is 11.0 Å². The third-order valence-corrected chi connectivity index (χ3v) is 4.75. The average molecular weight is 293 g/mol. The fourth-order valence-electron chi connectivity index (χ4n) is 2.36. The van der Waals surface area contributed by atoms with E-state index in [2.05, 4.69) is 5.10 Å². The van der Waals surface area contributed by atoms with Crippen molar-refractivity contribution >= 4 is 19.7 Å². The molecule has 0 bridgehead atoms. The molecule has 2 heterocycles. The zero-order chi connectivity index (χ0) is 13.3. The average Bonchev–Trinajstić information content (AvgIpc) is 2.54. The van der Waals surface area contributed by atoms with Gasteiger partial charge < -0.3 is 4.74 Å². The highest BCUT2D eigenvalue weighted by atomic mass is 35.7. The van der Waals surface area contributed by atoms with Crippen molar-refractivity contribution in [2.75, 3.05) is 6.61 Å². The number of rotatable bonds is 3. The van der Waals surface area contributed by atoms with Crippen LogP contribution in [0.5, 0.6) is 0 Å². The third-order valence-electron chi connectivity index (χ3n) is 3.21. The highest BCUT2D eigenvalue weighted by Gasteiger charge is 2.24. The normalized spacial score (nSPS) is 21.2. The van der Waals surface area contributed by atoms with Crippen LogP contribution in [0.1, 0.15) is 30.7 Å². The summed E-state index contributed by atoms with van der Waals surface area (Å²) < 4.78 is 30.2. The van der Waals surface area contributed by atoms with Crippen LogP contribution in [-0.2, 0) is 20.3 Å². The van der Waals surface area contributed by atoms with Crippen molar-refractivity contribution in [3.8, 4) is 0 Å². The Morgan fingerprint density at radius 2 is 2.17 bits per heavy atom. The van der Waals surface area contributed by atoms with Gasteiger partial charge >= 0.3 is 0 Å². The Morgan fingerprint density at radius 1 is 1.44 bits per heavy atom. The number of aryl methyl sites for hydroxylation is 1. The molecule has 0 amide bonds. The van der Waals surface area contributed by atoms with Gasteiger partial charge in [-0.15, -0.1) is 0 Å². The lowest BCUT2D eigenvalue weighted by atomic mass is 10.1. The van der Waals surface area contributed by atoms with Crippen molar-refractivity contribution in [3.05, 3.63) is 11.4 Å². The summed E-state index contributed by atoms with van der Waals surface area (Å²) in [4.78, 5) is 0.125. The molecule has 7 heteroatoms. The van der Waals surface area contributed by atoms with Crippen molar-refractivity contribution in [2.45, 2.75) is 50.7 Å². The fraction of sp³-hybridized carbons (Fsp3) is 0.727. The van der Waals surface area contributed by atoms with Gasteiger partial charge in [0.05, 0.1) is 24.0 Å². The maximum absolute atomic E-state index is 11.5. The molecule has 1 saturated heterocycles. The lowest BCUT2D eigenvalue weighted by molar-refractivity contribution is 0.00357. The minimum Gasteiger partial charge on any atom is -0.376 e. The zero-order valence-corrected chi connectivity index (χ0v) is 12.1. The number of ether oxygens (including phenoxy) is 1. The Balaban J connectivity index is 2.24. The van der Waals surface area contributed by atoms with Crippen LogP contribution in [0, 0.1) is 13.8 Å². The van der Waals surface area contributed by atoms with Gasteiger partial charge in [0.15, 0.2) is 0 Å². The zero-order valence-electron chi connectivity index (χ0n) is 10.5. The first-order valence-electron chi connectivity index (χ1n) is 6.00. The van der Waals surface area contributed by atoms with Gasteiger partial charge in [0.1, 0.15) is 4.90 Å². The Hall–Kier alpha value is -0.590. The molecule has 1 aromatic heterocycles. The van der Waals surface area contributed by atoms with Gasteiger partial charge in [-0.25, -0.2) is 8.42 Å². The number of nitrogens with zero attached hydrogens (tertiary/aromatic N) is 2.